The van der Waals surface area contributed by atoms with Crippen molar-refractivity contribution in [2.75, 3.05) is 6.54 Å². The Hall–Kier alpha value is -4.14. The minimum absolute atomic E-state index is 0.0528. The van der Waals surface area contributed by atoms with Crippen LogP contribution in [0.2, 0.25) is 0 Å². The number of carbonyl (C=O) groups excluding carboxylic acids is 2. The Bertz CT molecular complexity index is 1510. The summed E-state index contributed by atoms with van der Waals surface area (Å²) in [6.07, 6.45) is 10.4. The van der Waals surface area contributed by atoms with Crippen molar-refractivity contribution in [1.82, 2.24) is 15.2 Å². The Balaban J connectivity index is 1.43. The fraction of sp³-hybridized carbons (Fsp3) is 0.457. The molecule has 0 unspecified atom stereocenters. The van der Waals surface area contributed by atoms with Gasteiger partial charge in [-0.15, -0.1) is 0 Å². The van der Waals surface area contributed by atoms with E-state index in [0.29, 0.717) is 23.6 Å². The average Bonchev–Trinajstić information content (AvgIpc) is 3.27. The number of aliphatic carboxylic acids is 1. The highest BCUT2D eigenvalue weighted by Gasteiger charge is 2.52. The molecule has 2 aromatic rings. The van der Waals surface area contributed by atoms with E-state index < -0.39 is 17.6 Å². The van der Waals surface area contributed by atoms with E-state index in [0.717, 1.165) is 54.4 Å². The van der Waals surface area contributed by atoms with Gasteiger partial charge in [-0.1, -0.05) is 39.0 Å². The number of rotatable bonds is 8. The van der Waals surface area contributed by atoms with Gasteiger partial charge in [0.15, 0.2) is 0 Å². The second-order valence-corrected chi connectivity index (χ2v) is 13.2. The smallest absolute Gasteiger partial charge is 0.305 e. The van der Waals surface area contributed by atoms with Crippen LogP contribution in [0.15, 0.2) is 65.3 Å². The summed E-state index contributed by atoms with van der Waals surface area (Å²) in [6.45, 7) is 8.89. The molecule has 2 amide bonds. The first-order valence-electron chi connectivity index (χ1n) is 15.4. The number of carbonyl (C=O) groups is 3. The van der Waals surface area contributed by atoms with Gasteiger partial charge in [-0.2, -0.15) is 4.39 Å². The van der Waals surface area contributed by atoms with Crippen LogP contribution in [0.25, 0.3) is 5.57 Å². The highest BCUT2D eigenvalue weighted by molar-refractivity contribution is 6.47. The summed E-state index contributed by atoms with van der Waals surface area (Å²) in [4.78, 5) is 48.7. The van der Waals surface area contributed by atoms with Crippen LogP contribution >= 0.6 is 0 Å². The normalized spacial score (nSPS) is 22.8. The number of nitrogens with zero attached hydrogens (tertiary/aromatic N) is 3. The van der Waals surface area contributed by atoms with Gasteiger partial charge < -0.3 is 15.3 Å². The first kappa shape index (κ1) is 31.3. The molecule has 0 saturated heterocycles. The van der Waals surface area contributed by atoms with Crippen LogP contribution in [0.4, 0.5) is 4.39 Å². The van der Waals surface area contributed by atoms with E-state index in [-0.39, 0.29) is 36.2 Å². The maximum absolute atomic E-state index is 14.4. The number of nitrogens with one attached hydrogen (secondary N) is 1. The van der Waals surface area contributed by atoms with Crippen molar-refractivity contribution >= 4 is 29.1 Å². The quantitative estimate of drug-likeness (QED) is 0.336. The van der Waals surface area contributed by atoms with E-state index in [1.807, 2.05) is 30.0 Å². The summed E-state index contributed by atoms with van der Waals surface area (Å²) < 4.78 is 13.5. The Kier molecular flexibility index (Phi) is 8.86. The monoisotopic (exact) mass is 600 g/mol. The highest BCUT2D eigenvalue weighted by atomic mass is 19.1. The minimum Gasteiger partial charge on any atom is -0.481 e. The molecule has 0 bridgehead atoms. The standard InChI is InChI=1S/C35H41FN4O4/c1-22(23-8-10-24(11-9-23)32(43)37-19-16-30(41)42)40-33(44)31(39-35(40)17-14-28(15-18-35)34(2,3)4)26-7-5-6-25(20-26)27-12-13-29(36)38-21-27/h6,8-13,20-22,28H,5,7,14-19H2,1-4H3,(H,37,43)(H,41,42)/t22-,28?,35?/m1/s1. The number of carboxylic acid groups (broad SMARTS) is 1. The van der Waals surface area contributed by atoms with Gasteiger partial charge in [0.05, 0.1) is 12.5 Å². The third kappa shape index (κ3) is 6.51. The molecule has 1 aliphatic heterocycles. The number of aliphatic imine (C=N–C) groups is 1. The van der Waals surface area contributed by atoms with E-state index in [1.54, 1.807) is 18.2 Å². The number of halogens is 1. The van der Waals surface area contributed by atoms with Gasteiger partial charge in [0.2, 0.25) is 5.95 Å². The first-order valence-corrected chi connectivity index (χ1v) is 15.4. The van der Waals surface area contributed by atoms with Crippen molar-refractivity contribution in [3.63, 3.8) is 0 Å². The predicted octanol–water partition coefficient (Wildman–Crippen LogP) is 6.51. The van der Waals surface area contributed by atoms with Gasteiger partial charge in [-0.25, -0.2) is 4.98 Å². The molecule has 1 spiro atoms. The lowest BCUT2D eigenvalue weighted by Gasteiger charge is -2.46. The summed E-state index contributed by atoms with van der Waals surface area (Å²) >= 11 is 0. The Morgan fingerprint density at radius 3 is 2.45 bits per heavy atom. The molecular formula is C35H41FN4O4. The van der Waals surface area contributed by atoms with E-state index in [2.05, 4.69) is 37.1 Å². The zero-order valence-corrected chi connectivity index (χ0v) is 25.9. The van der Waals surface area contributed by atoms with Crippen molar-refractivity contribution in [2.45, 2.75) is 84.3 Å². The molecule has 1 fully saturated rings. The number of aromatic nitrogens is 1. The van der Waals surface area contributed by atoms with Gasteiger partial charge >= 0.3 is 5.97 Å². The molecule has 1 atom stereocenters. The van der Waals surface area contributed by atoms with E-state index in [1.165, 1.54) is 12.3 Å². The molecule has 3 aliphatic rings. The molecule has 5 rings (SSSR count). The minimum atomic E-state index is -0.972. The number of pyridine rings is 1. The summed E-state index contributed by atoms with van der Waals surface area (Å²) in [6, 6.07) is 9.89. The summed E-state index contributed by atoms with van der Waals surface area (Å²) in [5.74, 6) is -1.40. The molecule has 2 heterocycles. The zero-order chi connectivity index (χ0) is 31.6. The van der Waals surface area contributed by atoms with Crippen molar-refractivity contribution in [3.05, 3.63) is 83.0 Å². The third-order valence-corrected chi connectivity index (χ3v) is 9.34. The Morgan fingerprint density at radius 2 is 1.84 bits per heavy atom. The maximum atomic E-state index is 14.4. The second kappa shape index (κ2) is 12.5. The molecule has 9 heteroatoms. The average molecular weight is 601 g/mol. The van der Waals surface area contributed by atoms with E-state index >= 15 is 0 Å². The second-order valence-electron chi connectivity index (χ2n) is 13.2. The van der Waals surface area contributed by atoms with Gasteiger partial charge in [-0.05, 0) is 109 Å². The summed E-state index contributed by atoms with van der Waals surface area (Å²) in [5.41, 5.74) is 3.93. The summed E-state index contributed by atoms with van der Waals surface area (Å²) in [7, 11) is 0. The number of amides is 2. The van der Waals surface area contributed by atoms with Crippen LogP contribution in [-0.4, -0.2) is 50.7 Å². The Morgan fingerprint density at radius 1 is 1.14 bits per heavy atom. The molecule has 44 heavy (non-hydrogen) atoms. The van der Waals surface area contributed by atoms with Gasteiger partial charge in [0, 0.05) is 18.3 Å². The van der Waals surface area contributed by atoms with Gasteiger partial charge in [0.1, 0.15) is 11.4 Å². The van der Waals surface area contributed by atoms with Crippen LogP contribution in [0.3, 0.4) is 0 Å². The number of allylic oxidation sites excluding steroid dienone is 3. The SMILES string of the molecule is C[C@H](c1ccc(C(=O)NCCC(=O)O)cc1)N1C(=O)C(C2=CC(c3ccc(F)nc3)=CCC2)=NC12CCC(C(C)(C)C)CC2. The molecule has 2 aliphatic carbocycles. The van der Waals surface area contributed by atoms with Crippen molar-refractivity contribution in [1.29, 1.82) is 0 Å². The fourth-order valence-corrected chi connectivity index (χ4v) is 6.74. The summed E-state index contributed by atoms with van der Waals surface area (Å²) in [5, 5.41) is 11.5. The van der Waals surface area contributed by atoms with Crippen LogP contribution in [0, 0.1) is 17.3 Å². The molecule has 1 saturated carbocycles. The third-order valence-electron chi connectivity index (χ3n) is 9.34. The lowest BCUT2D eigenvalue weighted by Crippen LogP contribution is -2.51. The largest absolute Gasteiger partial charge is 0.481 e. The van der Waals surface area contributed by atoms with Crippen molar-refractivity contribution < 1.29 is 23.9 Å². The van der Waals surface area contributed by atoms with E-state index in [9.17, 15) is 18.8 Å². The predicted molar refractivity (Wildman–Crippen MR) is 167 cm³/mol. The van der Waals surface area contributed by atoms with Crippen molar-refractivity contribution in [2.24, 2.45) is 16.3 Å². The number of benzene rings is 1. The topological polar surface area (TPSA) is 112 Å². The molecular weight excluding hydrogens is 559 g/mol. The van der Waals surface area contributed by atoms with Crippen LogP contribution < -0.4 is 5.32 Å². The van der Waals surface area contributed by atoms with Crippen LogP contribution in [0.5, 0.6) is 0 Å². The zero-order valence-electron chi connectivity index (χ0n) is 25.9. The fourth-order valence-electron chi connectivity index (χ4n) is 6.74. The molecule has 0 radical (unpaired) electrons. The van der Waals surface area contributed by atoms with Gasteiger partial charge in [0.25, 0.3) is 11.8 Å². The van der Waals surface area contributed by atoms with Crippen LogP contribution in [0.1, 0.15) is 100 Å². The van der Waals surface area contributed by atoms with Crippen LogP contribution in [-0.2, 0) is 9.59 Å². The first-order chi connectivity index (χ1) is 20.9. The highest BCUT2D eigenvalue weighted by Crippen LogP contribution is 2.49. The number of hydrogen-bond donors (Lipinski definition) is 2. The molecule has 1 aromatic heterocycles. The lowest BCUT2D eigenvalue weighted by molar-refractivity contribution is -0.137. The van der Waals surface area contributed by atoms with Crippen molar-refractivity contribution in [3.8, 4) is 0 Å². The molecule has 232 valence electrons. The molecule has 2 N–H and O–H groups in total. The number of carboxylic acids is 1. The lowest BCUT2D eigenvalue weighted by atomic mass is 9.69. The van der Waals surface area contributed by atoms with E-state index in [4.69, 9.17) is 10.1 Å². The Labute approximate surface area is 258 Å². The maximum Gasteiger partial charge on any atom is 0.305 e. The molecule has 1 aromatic carbocycles. The molecule has 8 nitrogen and oxygen atoms in total. The number of hydrogen-bond acceptors (Lipinski definition) is 5. The van der Waals surface area contributed by atoms with Gasteiger partial charge in [-0.3, -0.25) is 19.4 Å².